The molecule has 0 unspecified atom stereocenters. The number of hydrogen-bond donors (Lipinski definition) is 2. The lowest BCUT2D eigenvalue weighted by molar-refractivity contribution is -0.149. The van der Waals surface area contributed by atoms with Crippen LogP contribution in [0.15, 0.2) is 0 Å². The minimum Gasteiger partial charge on any atom is -0.466 e. The molecule has 0 heterocycles. The number of nitrogens with one attached hydrogen (secondary N) is 1. The zero-order chi connectivity index (χ0) is 32.4. The molecule has 0 aromatic heterocycles. The lowest BCUT2D eigenvalue weighted by atomic mass is 10.1. The van der Waals surface area contributed by atoms with Crippen molar-refractivity contribution in [3.8, 4) is 0 Å². The molecule has 0 saturated heterocycles. The molecule has 0 radical (unpaired) electrons. The predicted molar refractivity (Wildman–Crippen MR) is 188 cm³/mol. The molecule has 6 nitrogen and oxygen atoms in total. The molecule has 0 fully saturated rings. The van der Waals surface area contributed by atoms with Crippen molar-refractivity contribution in [2.45, 2.75) is 200 Å². The number of thiol groups is 1. The van der Waals surface area contributed by atoms with E-state index in [9.17, 15) is 14.4 Å². The molecular formula is C37H71NO5S. The van der Waals surface area contributed by atoms with Gasteiger partial charge < -0.3 is 14.8 Å². The molecule has 1 N–H and O–H groups in total. The fourth-order valence-corrected chi connectivity index (χ4v) is 5.59. The molecule has 44 heavy (non-hydrogen) atoms. The Morgan fingerprint density at radius 1 is 0.523 bits per heavy atom. The SMILES string of the molecule is CCCCCCCCCCCCCCOC(=O)CC[C@H](NC(=O)CCCS)C(=O)OCCCCCCCCCCCCCC. The smallest absolute Gasteiger partial charge is 0.328 e. The van der Waals surface area contributed by atoms with E-state index in [1.807, 2.05) is 0 Å². The van der Waals surface area contributed by atoms with E-state index in [4.69, 9.17) is 9.47 Å². The standard InChI is InChI=1S/C37H71NO5S/c1-3-5-7-9-11-13-15-17-19-21-23-25-31-42-36(40)30-29-34(38-35(39)28-27-33-44)37(41)43-32-26-24-22-20-18-16-14-12-10-8-6-4-2/h34,44H,3-33H2,1-2H3,(H,38,39)/t34-/m0/s1. The van der Waals surface area contributed by atoms with Gasteiger partial charge in [0.25, 0.3) is 0 Å². The topological polar surface area (TPSA) is 81.7 Å². The number of esters is 2. The number of rotatable bonds is 34. The van der Waals surface area contributed by atoms with Crippen LogP contribution in [0.25, 0.3) is 0 Å². The summed E-state index contributed by atoms with van der Waals surface area (Å²) in [6, 6.07) is -0.820. The van der Waals surface area contributed by atoms with Crippen molar-refractivity contribution in [2.75, 3.05) is 19.0 Å². The van der Waals surface area contributed by atoms with Gasteiger partial charge in [0.05, 0.1) is 13.2 Å². The summed E-state index contributed by atoms with van der Waals surface area (Å²) in [6.45, 7) is 5.27. The van der Waals surface area contributed by atoms with Crippen molar-refractivity contribution in [2.24, 2.45) is 0 Å². The minimum atomic E-state index is -0.820. The highest BCUT2D eigenvalue weighted by Gasteiger charge is 2.23. The van der Waals surface area contributed by atoms with Gasteiger partial charge in [0.15, 0.2) is 0 Å². The second kappa shape index (κ2) is 34.6. The summed E-state index contributed by atoms with van der Waals surface area (Å²) in [7, 11) is 0. The van der Waals surface area contributed by atoms with Crippen LogP contribution >= 0.6 is 12.6 Å². The van der Waals surface area contributed by atoms with Crippen LogP contribution in [0.1, 0.15) is 194 Å². The summed E-state index contributed by atoms with van der Waals surface area (Å²) in [6.07, 6.45) is 31.3. The fourth-order valence-electron chi connectivity index (χ4n) is 5.43. The first-order valence-corrected chi connectivity index (χ1v) is 19.4. The summed E-state index contributed by atoms with van der Waals surface area (Å²) >= 11 is 4.16. The molecule has 0 rings (SSSR count). The van der Waals surface area contributed by atoms with Crippen molar-refractivity contribution in [3.63, 3.8) is 0 Å². The quantitative estimate of drug-likeness (QED) is 0.0415. The molecule has 0 spiro atoms. The van der Waals surface area contributed by atoms with Crippen LogP contribution < -0.4 is 5.32 Å². The highest BCUT2D eigenvalue weighted by molar-refractivity contribution is 7.80. The minimum absolute atomic E-state index is 0.0868. The van der Waals surface area contributed by atoms with Crippen molar-refractivity contribution < 1.29 is 23.9 Å². The van der Waals surface area contributed by atoms with E-state index >= 15 is 0 Å². The molecule has 0 aliphatic heterocycles. The van der Waals surface area contributed by atoms with Crippen LogP contribution in [0.5, 0.6) is 0 Å². The zero-order valence-corrected chi connectivity index (χ0v) is 29.9. The summed E-state index contributed by atoms with van der Waals surface area (Å²) in [4.78, 5) is 37.4. The van der Waals surface area contributed by atoms with Crippen molar-refractivity contribution in [1.29, 1.82) is 0 Å². The molecule has 1 amide bonds. The molecular weight excluding hydrogens is 570 g/mol. The molecule has 0 aromatic rings. The van der Waals surface area contributed by atoms with Gasteiger partial charge >= 0.3 is 11.9 Å². The van der Waals surface area contributed by atoms with Gasteiger partial charge in [-0.05, 0) is 31.4 Å². The number of hydrogen-bond acceptors (Lipinski definition) is 6. The first kappa shape index (κ1) is 42.8. The summed E-state index contributed by atoms with van der Waals surface area (Å²) in [5, 5.41) is 2.77. The lowest BCUT2D eigenvalue weighted by Crippen LogP contribution is -2.42. The zero-order valence-electron chi connectivity index (χ0n) is 29.0. The van der Waals surface area contributed by atoms with E-state index in [2.05, 4.69) is 31.8 Å². The summed E-state index contributed by atoms with van der Waals surface area (Å²) in [5.74, 6) is -0.388. The van der Waals surface area contributed by atoms with Crippen LogP contribution in [0, 0.1) is 0 Å². The maximum absolute atomic E-state index is 12.7. The lowest BCUT2D eigenvalue weighted by Gasteiger charge is -2.17. The maximum Gasteiger partial charge on any atom is 0.328 e. The monoisotopic (exact) mass is 642 g/mol. The van der Waals surface area contributed by atoms with Crippen LogP contribution in [0.4, 0.5) is 0 Å². The van der Waals surface area contributed by atoms with Gasteiger partial charge in [-0.2, -0.15) is 12.6 Å². The second-order valence-electron chi connectivity index (χ2n) is 12.7. The molecule has 0 bridgehead atoms. The molecule has 0 aliphatic carbocycles. The number of carbonyl (C=O) groups excluding carboxylic acids is 3. The molecule has 260 valence electrons. The Labute approximate surface area is 277 Å². The highest BCUT2D eigenvalue weighted by atomic mass is 32.1. The Morgan fingerprint density at radius 3 is 1.32 bits per heavy atom. The molecule has 7 heteroatoms. The van der Waals surface area contributed by atoms with Crippen molar-refractivity contribution >= 4 is 30.5 Å². The van der Waals surface area contributed by atoms with E-state index in [0.29, 0.717) is 31.8 Å². The van der Waals surface area contributed by atoms with E-state index in [1.54, 1.807) is 0 Å². The molecule has 1 atom stereocenters. The van der Waals surface area contributed by atoms with Crippen LogP contribution in [-0.2, 0) is 23.9 Å². The molecule has 0 aliphatic rings. The van der Waals surface area contributed by atoms with Gasteiger partial charge in [0, 0.05) is 12.8 Å². The van der Waals surface area contributed by atoms with E-state index in [0.717, 1.165) is 32.1 Å². The van der Waals surface area contributed by atoms with Crippen molar-refractivity contribution in [3.05, 3.63) is 0 Å². The second-order valence-corrected chi connectivity index (χ2v) is 13.1. The maximum atomic E-state index is 12.7. The number of amides is 1. The number of carbonyl (C=O) groups is 3. The third-order valence-electron chi connectivity index (χ3n) is 8.32. The Balaban J connectivity index is 4.04. The van der Waals surface area contributed by atoms with Crippen molar-refractivity contribution in [1.82, 2.24) is 5.32 Å². The third kappa shape index (κ3) is 30.8. The van der Waals surface area contributed by atoms with Gasteiger partial charge in [0.2, 0.25) is 5.91 Å². The average molecular weight is 642 g/mol. The summed E-state index contributed by atoms with van der Waals surface area (Å²) < 4.78 is 10.9. The fraction of sp³-hybridized carbons (Fsp3) is 0.919. The normalized spacial score (nSPS) is 11.8. The van der Waals surface area contributed by atoms with E-state index in [-0.39, 0.29) is 24.7 Å². The van der Waals surface area contributed by atoms with Gasteiger partial charge in [-0.1, -0.05) is 155 Å². The largest absolute Gasteiger partial charge is 0.466 e. The Morgan fingerprint density at radius 2 is 0.909 bits per heavy atom. The van der Waals surface area contributed by atoms with Crippen LogP contribution in [0.3, 0.4) is 0 Å². The number of ether oxygens (including phenoxy) is 2. The predicted octanol–water partition coefficient (Wildman–Crippen LogP) is 10.4. The van der Waals surface area contributed by atoms with Gasteiger partial charge in [-0.3, -0.25) is 9.59 Å². The van der Waals surface area contributed by atoms with Crippen LogP contribution in [0.2, 0.25) is 0 Å². The first-order chi connectivity index (χ1) is 21.5. The van der Waals surface area contributed by atoms with Gasteiger partial charge in [0.1, 0.15) is 6.04 Å². The summed E-state index contributed by atoms with van der Waals surface area (Å²) in [5.41, 5.74) is 0. The third-order valence-corrected chi connectivity index (χ3v) is 8.64. The Hall–Kier alpha value is -1.24. The van der Waals surface area contributed by atoms with Gasteiger partial charge in [-0.15, -0.1) is 0 Å². The van der Waals surface area contributed by atoms with E-state index in [1.165, 1.54) is 122 Å². The molecule has 0 aromatic carbocycles. The number of unbranched alkanes of at least 4 members (excludes halogenated alkanes) is 22. The Bertz CT molecular complexity index is 660. The highest BCUT2D eigenvalue weighted by Crippen LogP contribution is 2.14. The van der Waals surface area contributed by atoms with E-state index < -0.39 is 12.0 Å². The van der Waals surface area contributed by atoms with Gasteiger partial charge in [-0.25, -0.2) is 4.79 Å². The first-order valence-electron chi connectivity index (χ1n) is 18.8. The molecule has 0 saturated carbocycles. The Kier molecular flexibility index (Phi) is 33.7. The average Bonchev–Trinajstić information content (AvgIpc) is 3.02. The van der Waals surface area contributed by atoms with Crippen LogP contribution in [-0.4, -0.2) is 42.9 Å².